The zero-order valence-electron chi connectivity index (χ0n) is 10.7. The van der Waals surface area contributed by atoms with E-state index in [1.54, 1.807) is 18.2 Å². The molecule has 0 rings (SSSR count). The van der Waals surface area contributed by atoms with Crippen molar-refractivity contribution < 1.29 is 5.11 Å². The molecule has 0 radical (unpaired) electrons. The van der Waals surface area contributed by atoms with E-state index in [1.165, 1.54) is 12.8 Å². The molecule has 1 nitrogen and oxygen atoms in total. The SMILES string of the molecule is C=CCCCC/C=C/C=C/C#CC#C/C=C/CO. The summed E-state index contributed by atoms with van der Waals surface area (Å²) < 4.78 is 0. The van der Waals surface area contributed by atoms with Gasteiger partial charge in [0, 0.05) is 0 Å². The van der Waals surface area contributed by atoms with Crippen molar-refractivity contribution in [2.75, 3.05) is 6.61 Å². The summed E-state index contributed by atoms with van der Waals surface area (Å²) in [6.07, 6.45) is 17.5. The van der Waals surface area contributed by atoms with Crippen LogP contribution in [-0.2, 0) is 0 Å². The molecule has 0 amide bonds. The molecule has 0 saturated heterocycles. The molecule has 0 aliphatic rings. The van der Waals surface area contributed by atoms with Gasteiger partial charge in [-0.2, -0.15) is 0 Å². The molecule has 0 heterocycles. The lowest BCUT2D eigenvalue weighted by atomic mass is 10.2. The van der Waals surface area contributed by atoms with Gasteiger partial charge in [0.2, 0.25) is 0 Å². The summed E-state index contributed by atoms with van der Waals surface area (Å²) in [4.78, 5) is 0. The van der Waals surface area contributed by atoms with Gasteiger partial charge in [0.15, 0.2) is 0 Å². The fourth-order valence-corrected chi connectivity index (χ4v) is 1.10. The molecule has 18 heavy (non-hydrogen) atoms. The topological polar surface area (TPSA) is 20.2 Å². The van der Waals surface area contributed by atoms with Crippen LogP contribution in [0.2, 0.25) is 0 Å². The zero-order chi connectivity index (χ0) is 13.3. The van der Waals surface area contributed by atoms with Crippen LogP contribution in [0.4, 0.5) is 0 Å². The number of hydrogen-bond donors (Lipinski definition) is 1. The molecule has 0 aromatic rings. The van der Waals surface area contributed by atoms with Crippen molar-refractivity contribution >= 4 is 0 Å². The van der Waals surface area contributed by atoms with Crippen molar-refractivity contribution in [2.45, 2.75) is 25.7 Å². The Hall–Kier alpha value is -1.96. The summed E-state index contributed by atoms with van der Waals surface area (Å²) in [6.45, 7) is 3.70. The van der Waals surface area contributed by atoms with Crippen molar-refractivity contribution in [3.8, 4) is 23.7 Å². The third-order valence-corrected chi connectivity index (χ3v) is 1.97. The molecule has 0 spiro atoms. The number of rotatable bonds is 7. The van der Waals surface area contributed by atoms with E-state index < -0.39 is 0 Å². The Morgan fingerprint density at radius 3 is 2.33 bits per heavy atom. The van der Waals surface area contributed by atoms with Crippen LogP contribution in [-0.4, -0.2) is 11.7 Å². The molecular formula is C17H20O. The summed E-state index contributed by atoms with van der Waals surface area (Å²) in [5, 5.41) is 8.44. The van der Waals surface area contributed by atoms with Crippen LogP contribution in [0, 0.1) is 23.7 Å². The minimum absolute atomic E-state index is 0.0135. The number of allylic oxidation sites excluding steroid dienone is 6. The molecule has 0 aliphatic heterocycles. The Labute approximate surface area is 111 Å². The quantitative estimate of drug-likeness (QED) is 0.313. The first-order valence-corrected chi connectivity index (χ1v) is 6.11. The first-order valence-electron chi connectivity index (χ1n) is 6.11. The molecule has 1 heteroatoms. The van der Waals surface area contributed by atoms with Crippen LogP contribution in [0.5, 0.6) is 0 Å². The Morgan fingerprint density at radius 2 is 1.61 bits per heavy atom. The van der Waals surface area contributed by atoms with Crippen LogP contribution in [0.3, 0.4) is 0 Å². The van der Waals surface area contributed by atoms with E-state index in [1.807, 2.05) is 18.2 Å². The van der Waals surface area contributed by atoms with E-state index in [4.69, 9.17) is 5.11 Å². The highest BCUT2D eigenvalue weighted by Crippen LogP contribution is 2.00. The minimum atomic E-state index is 0.0135. The van der Waals surface area contributed by atoms with Crippen LogP contribution in [0.15, 0.2) is 49.1 Å². The van der Waals surface area contributed by atoms with Gasteiger partial charge in [-0.15, -0.1) is 6.58 Å². The van der Waals surface area contributed by atoms with Gasteiger partial charge in [0.05, 0.1) is 6.61 Å². The van der Waals surface area contributed by atoms with Gasteiger partial charge in [0.1, 0.15) is 0 Å². The first-order chi connectivity index (χ1) is 8.91. The van der Waals surface area contributed by atoms with E-state index in [0.29, 0.717) is 0 Å². The summed E-state index contributed by atoms with van der Waals surface area (Å²) in [5.74, 6) is 10.8. The smallest absolute Gasteiger partial charge is 0.0621 e. The van der Waals surface area contributed by atoms with Gasteiger partial charge >= 0.3 is 0 Å². The van der Waals surface area contributed by atoms with Crippen LogP contribution in [0.25, 0.3) is 0 Å². The molecule has 0 atom stereocenters. The summed E-state index contributed by atoms with van der Waals surface area (Å²) in [5.41, 5.74) is 0. The van der Waals surface area contributed by atoms with Crippen molar-refractivity contribution in [3.63, 3.8) is 0 Å². The van der Waals surface area contributed by atoms with Gasteiger partial charge < -0.3 is 5.11 Å². The van der Waals surface area contributed by atoms with E-state index in [0.717, 1.165) is 12.8 Å². The van der Waals surface area contributed by atoms with E-state index >= 15 is 0 Å². The predicted octanol–water partition coefficient (Wildman–Crippen LogP) is 3.40. The lowest BCUT2D eigenvalue weighted by molar-refractivity contribution is 0.343. The van der Waals surface area contributed by atoms with Gasteiger partial charge in [0.25, 0.3) is 0 Å². The summed E-state index contributed by atoms with van der Waals surface area (Å²) in [7, 11) is 0. The Kier molecular flexibility index (Phi) is 13.4. The second kappa shape index (κ2) is 15.0. The number of unbranched alkanes of at least 4 members (excludes halogenated alkanes) is 3. The second-order valence-electron chi connectivity index (χ2n) is 3.48. The largest absolute Gasteiger partial charge is 0.392 e. The third-order valence-electron chi connectivity index (χ3n) is 1.97. The summed E-state index contributed by atoms with van der Waals surface area (Å²) >= 11 is 0. The molecule has 0 saturated carbocycles. The van der Waals surface area contributed by atoms with Gasteiger partial charge in [-0.05, 0) is 49.7 Å². The van der Waals surface area contributed by atoms with Crippen molar-refractivity contribution in [2.24, 2.45) is 0 Å². The lowest BCUT2D eigenvalue weighted by Crippen LogP contribution is -1.70. The highest BCUT2D eigenvalue weighted by atomic mass is 16.2. The van der Waals surface area contributed by atoms with Gasteiger partial charge in [-0.25, -0.2) is 0 Å². The molecule has 0 fully saturated rings. The van der Waals surface area contributed by atoms with Gasteiger partial charge in [-0.1, -0.05) is 42.2 Å². The average Bonchev–Trinajstić information content (AvgIpc) is 2.39. The molecule has 0 aromatic carbocycles. The zero-order valence-corrected chi connectivity index (χ0v) is 10.7. The first kappa shape index (κ1) is 16.0. The van der Waals surface area contributed by atoms with Crippen molar-refractivity contribution in [1.29, 1.82) is 0 Å². The molecule has 1 N–H and O–H groups in total. The van der Waals surface area contributed by atoms with Crippen molar-refractivity contribution in [3.05, 3.63) is 49.1 Å². The molecule has 94 valence electrons. The summed E-state index contributed by atoms with van der Waals surface area (Å²) in [6, 6.07) is 0. The predicted molar refractivity (Wildman–Crippen MR) is 78.7 cm³/mol. The maximum Gasteiger partial charge on any atom is 0.0621 e. The highest BCUT2D eigenvalue weighted by Gasteiger charge is 1.80. The third kappa shape index (κ3) is 14.0. The molecule has 0 aliphatic carbocycles. The van der Waals surface area contributed by atoms with E-state index in [9.17, 15) is 0 Å². The number of hydrogen-bond acceptors (Lipinski definition) is 1. The molecular weight excluding hydrogens is 220 g/mol. The average molecular weight is 240 g/mol. The molecule has 0 bridgehead atoms. The van der Waals surface area contributed by atoms with Gasteiger partial charge in [-0.3, -0.25) is 0 Å². The maximum absolute atomic E-state index is 8.44. The van der Waals surface area contributed by atoms with Crippen LogP contribution >= 0.6 is 0 Å². The lowest BCUT2D eigenvalue weighted by Gasteiger charge is -1.90. The van der Waals surface area contributed by atoms with Crippen molar-refractivity contribution in [1.82, 2.24) is 0 Å². The molecule has 0 unspecified atom stereocenters. The maximum atomic E-state index is 8.44. The Balaban J connectivity index is 3.66. The minimum Gasteiger partial charge on any atom is -0.392 e. The van der Waals surface area contributed by atoms with E-state index in [2.05, 4.69) is 36.3 Å². The number of aliphatic hydroxyl groups excluding tert-OH is 1. The molecule has 0 aromatic heterocycles. The number of aliphatic hydroxyl groups is 1. The van der Waals surface area contributed by atoms with Crippen LogP contribution in [0.1, 0.15) is 25.7 Å². The fourth-order valence-electron chi connectivity index (χ4n) is 1.10. The fraction of sp³-hybridized carbons (Fsp3) is 0.294. The Morgan fingerprint density at radius 1 is 0.889 bits per heavy atom. The standard InChI is InChI=1S/C17H20O/c1-2-3-4-5-6-7-8-9-10-11-12-13-14-15-16-17-18/h2,7-10,15-16,18H,1,3-6,17H2/b8-7+,10-9+,16-15+. The van der Waals surface area contributed by atoms with E-state index in [-0.39, 0.29) is 6.61 Å². The highest BCUT2D eigenvalue weighted by molar-refractivity contribution is 5.34. The second-order valence-corrected chi connectivity index (χ2v) is 3.48. The monoisotopic (exact) mass is 240 g/mol. The van der Waals surface area contributed by atoms with Crippen LogP contribution < -0.4 is 0 Å². The Bertz CT molecular complexity index is 402. The normalized spacial score (nSPS) is 10.3.